The SMILES string of the molecule is CCn1cc(C(N)=O)c(=O)c2c(C=Cc3nc(C(C)C)cs3)cccc21. The Balaban J connectivity index is 2.16. The van der Waals surface area contributed by atoms with E-state index in [0.717, 1.165) is 21.8 Å². The van der Waals surface area contributed by atoms with E-state index in [4.69, 9.17) is 5.73 Å². The molecule has 2 aromatic heterocycles. The van der Waals surface area contributed by atoms with Gasteiger partial charge in [-0.25, -0.2) is 4.98 Å². The maximum Gasteiger partial charge on any atom is 0.254 e. The van der Waals surface area contributed by atoms with Gasteiger partial charge in [-0.05, 0) is 30.5 Å². The van der Waals surface area contributed by atoms with Crippen LogP contribution in [-0.4, -0.2) is 15.5 Å². The van der Waals surface area contributed by atoms with Crippen molar-refractivity contribution in [2.75, 3.05) is 0 Å². The number of carbonyl (C=O) groups excluding carboxylic acids is 1. The third kappa shape index (κ3) is 3.32. The Morgan fingerprint density at radius 3 is 2.73 bits per heavy atom. The molecule has 2 heterocycles. The number of fused-ring (bicyclic) bond motifs is 1. The summed E-state index contributed by atoms with van der Waals surface area (Å²) in [5.41, 5.74) is 7.66. The number of nitrogens with two attached hydrogens (primary N) is 1. The first-order valence-corrected chi connectivity index (χ1v) is 9.39. The quantitative estimate of drug-likeness (QED) is 0.743. The van der Waals surface area contributed by atoms with E-state index in [0.29, 0.717) is 17.8 Å². The van der Waals surface area contributed by atoms with E-state index in [1.54, 1.807) is 11.3 Å². The predicted molar refractivity (Wildman–Crippen MR) is 108 cm³/mol. The molecule has 5 nitrogen and oxygen atoms in total. The van der Waals surface area contributed by atoms with Crippen LogP contribution in [0.3, 0.4) is 0 Å². The average molecular weight is 367 g/mol. The molecule has 0 aliphatic carbocycles. The second kappa shape index (κ2) is 7.25. The van der Waals surface area contributed by atoms with Crippen LogP contribution < -0.4 is 11.2 Å². The number of rotatable bonds is 5. The number of hydrogen-bond acceptors (Lipinski definition) is 4. The molecule has 0 unspecified atom stereocenters. The summed E-state index contributed by atoms with van der Waals surface area (Å²) in [6.07, 6.45) is 5.31. The van der Waals surface area contributed by atoms with Crippen molar-refractivity contribution in [1.82, 2.24) is 9.55 Å². The third-order valence-electron chi connectivity index (χ3n) is 4.28. The Bertz CT molecular complexity index is 1060. The minimum atomic E-state index is -0.709. The first-order chi connectivity index (χ1) is 12.4. The highest BCUT2D eigenvalue weighted by atomic mass is 32.1. The molecule has 0 aliphatic rings. The topological polar surface area (TPSA) is 78.0 Å². The van der Waals surface area contributed by atoms with E-state index in [1.165, 1.54) is 6.20 Å². The number of aryl methyl sites for hydroxylation is 1. The van der Waals surface area contributed by atoms with Crippen LogP contribution in [0.1, 0.15) is 53.3 Å². The molecular formula is C20H21N3O2S. The fourth-order valence-corrected chi connectivity index (χ4v) is 3.71. The molecule has 134 valence electrons. The molecule has 1 amide bonds. The van der Waals surface area contributed by atoms with E-state index < -0.39 is 5.91 Å². The standard InChI is InChI=1S/C20H21N3O2S/c1-4-23-10-14(20(21)25)19(24)18-13(6-5-7-16(18)23)8-9-17-22-15(11-26-17)12(2)3/h5-12H,4H2,1-3H3,(H2,21,25). The summed E-state index contributed by atoms with van der Waals surface area (Å²) in [5, 5.41) is 3.43. The lowest BCUT2D eigenvalue weighted by atomic mass is 10.0. The number of nitrogens with zero attached hydrogens (tertiary/aromatic N) is 2. The molecule has 6 heteroatoms. The van der Waals surface area contributed by atoms with Crippen molar-refractivity contribution >= 4 is 40.3 Å². The van der Waals surface area contributed by atoms with Gasteiger partial charge in [0.2, 0.25) is 5.43 Å². The molecule has 2 N–H and O–H groups in total. The van der Waals surface area contributed by atoms with Crippen molar-refractivity contribution in [1.29, 1.82) is 0 Å². The highest BCUT2D eigenvalue weighted by Gasteiger charge is 2.14. The smallest absolute Gasteiger partial charge is 0.254 e. The van der Waals surface area contributed by atoms with Crippen molar-refractivity contribution in [3.8, 4) is 0 Å². The average Bonchev–Trinajstić information content (AvgIpc) is 3.09. The summed E-state index contributed by atoms with van der Waals surface area (Å²) in [5.74, 6) is -0.333. The van der Waals surface area contributed by atoms with Crippen LogP contribution in [0.15, 0.2) is 34.6 Å². The zero-order chi connectivity index (χ0) is 18.8. The molecule has 3 aromatic rings. The van der Waals surface area contributed by atoms with E-state index in [2.05, 4.69) is 18.8 Å². The molecule has 0 atom stereocenters. The first-order valence-electron chi connectivity index (χ1n) is 8.51. The summed E-state index contributed by atoms with van der Waals surface area (Å²) < 4.78 is 1.87. The van der Waals surface area contributed by atoms with Crippen LogP contribution in [0.5, 0.6) is 0 Å². The van der Waals surface area contributed by atoms with Crippen LogP contribution in [0.2, 0.25) is 0 Å². The first kappa shape index (κ1) is 18.1. The van der Waals surface area contributed by atoms with Crippen LogP contribution >= 0.6 is 11.3 Å². The van der Waals surface area contributed by atoms with Gasteiger partial charge in [0.1, 0.15) is 10.6 Å². The number of hydrogen-bond donors (Lipinski definition) is 1. The molecule has 0 saturated carbocycles. The second-order valence-electron chi connectivity index (χ2n) is 6.36. The van der Waals surface area contributed by atoms with Gasteiger partial charge < -0.3 is 10.3 Å². The normalized spacial score (nSPS) is 11.7. The van der Waals surface area contributed by atoms with E-state index >= 15 is 0 Å². The fraction of sp³-hybridized carbons (Fsp3) is 0.250. The Kier molecular flexibility index (Phi) is 5.04. The van der Waals surface area contributed by atoms with Gasteiger partial charge in [0.05, 0.1) is 16.6 Å². The van der Waals surface area contributed by atoms with Crippen molar-refractivity contribution in [2.45, 2.75) is 33.2 Å². The number of amides is 1. The number of primary amides is 1. The number of carbonyl (C=O) groups is 1. The van der Waals surface area contributed by atoms with E-state index in [9.17, 15) is 9.59 Å². The van der Waals surface area contributed by atoms with Crippen LogP contribution in [0, 0.1) is 0 Å². The lowest BCUT2D eigenvalue weighted by Gasteiger charge is -2.11. The molecule has 26 heavy (non-hydrogen) atoms. The summed E-state index contributed by atoms with van der Waals surface area (Å²) in [6.45, 7) is 6.80. The molecule has 0 saturated heterocycles. The van der Waals surface area contributed by atoms with Crippen LogP contribution in [-0.2, 0) is 6.54 Å². The van der Waals surface area contributed by atoms with Gasteiger partial charge in [-0.15, -0.1) is 11.3 Å². The Hall–Kier alpha value is -2.73. The van der Waals surface area contributed by atoms with Gasteiger partial charge in [-0.2, -0.15) is 0 Å². The van der Waals surface area contributed by atoms with Crippen LogP contribution in [0.4, 0.5) is 0 Å². The van der Waals surface area contributed by atoms with Gasteiger partial charge in [-0.3, -0.25) is 9.59 Å². The minimum Gasteiger partial charge on any atom is -0.365 e. The molecular weight excluding hydrogens is 346 g/mol. The monoisotopic (exact) mass is 367 g/mol. The molecule has 0 aliphatic heterocycles. The summed E-state index contributed by atoms with van der Waals surface area (Å²) in [6, 6.07) is 5.64. The molecule has 0 bridgehead atoms. The summed E-state index contributed by atoms with van der Waals surface area (Å²) in [7, 11) is 0. The molecule has 0 radical (unpaired) electrons. The van der Waals surface area contributed by atoms with Crippen molar-refractivity contribution in [3.05, 3.63) is 61.8 Å². The highest BCUT2D eigenvalue weighted by molar-refractivity contribution is 7.10. The lowest BCUT2D eigenvalue weighted by Crippen LogP contribution is -2.24. The maximum absolute atomic E-state index is 12.8. The highest BCUT2D eigenvalue weighted by Crippen LogP contribution is 2.22. The fourth-order valence-electron chi connectivity index (χ4n) is 2.84. The van der Waals surface area contributed by atoms with Gasteiger partial charge in [0.25, 0.3) is 5.91 Å². The third-order valence-corrected chi connectivity index (χ3v) is 5.11. The predicted octanol–water partition coefficient (Wildman–Crippen LogP) is 3.87. The van der Waals surface area contributed by atoms with E-state index in [-0.39, 0.29) is 11.0 Å². The van der Waals surface area contributed by atoms with Gasteiger partial charge in [-0.1, -0.05) is 32.1 Å². The Morgan fingerprint density at radius 1 is 1.35 bits per heavy atom. The van der Waals surface area contributed by atoms with Crippen molar-refractivity contribution in [2.24, 2.45) is 5.73 Å². The number of pyridine rings is 1. The minimum absolute atomic E-state index is 0.0107. The van der Waals surface area contributed by atoms with Crippen molar-refractivity contribution in [3.63, 3.8) is 0 Å². The number of benzene rings is 1. The number of aromatic nitrogens is 2. The largest absolute Gasteiger partial charge is 0.365 e. The summed E-state index contributed by atoms with van der Waals surface area (Å²) >= 11 is 1.57. The Morgan fingerprint density at radius 2 is 2.12 bits per heavy atom. The van der Waals surface area contributed by atoms with Crippen molar-refractivity contribution < 1.29 is 4.79 Å². The van der Waals surface area contributed by atoms with E-state index in [1.807, 2.05) is 47.2 Å². The van der Waals surface area contributed by atoms with Gasteiger partial charge >= 0.3 is 0 Å². The molecule has 0 spiro atoms. The zero-order valence-corrected chi connectivity index (χ0v) is 15.8. The lowest BCUT2D eigenvalue weighted by molar-refractivity contribution is 0.0999. The molecule has 1 aromatic carbocycles. The van der Waals surface area contributed by atoms with Crippen LogP contribution in [0.25, 0.3) is 23.1 Å². The van der Waals surface area contributed by atoms with Gasteiger partial charge in [0, 0.05) is 18.1 Å². The molecule has 0 fully saturated rings. The number of thiazole rings is 1. The Labute approximate surface area is 155 Å². The maximum atomic E-state index is 12.8. The summed E-state index contributed by atoms with van der Waals surface area (Å²) in [4.78, 5) is 29.1. The zero-order valence-electron chi connectivity index (χ0n) is 15.0. The second-order valence-corrected chi connectivity index (χ2v) is 7.25. The van der Waals surface area contributed by atoms with Gasteiger partial charge in [0.15, 0.2) is 0 Å². The molecule has 3 rings (SSSR count).